The van der Waals surface area contributed by atoms with Crippen LogP contribution >= 0.6 is 0 Å². The lowest BCUT2D eigenvalue weighted by atomic mass is 10.1. The summed E-state index contributed by atoms with van der Waals surface area (Å²) in [5, 5.41) is 0. The summed E-state index contributed by atoms with van der Waals surface area (Å²) in [6.45, 7) is 6.48. The maximum absolute atomic E-state index is 12.8. The normalized spacial score (nSPS) is 12.5. The van der Waals surface area contributed by atoms with E-state index in [-0.39, 0.29) is 31.1 Å². The Labute approximate surface area is 377 Å². The van der Waals surface area contributed by atoms with Gasteiger partial charge in [0, 0.05) is 19.3 Å². The minimum atomic E-state index is -0.787. The first-order valence-electron chi connectivity index (χ1n) is 25.8. The summed E-state index contributed by atoms with van der Waals surface area (Å²) in [7, 11) is 0. The van der Waals surface area contributed by atoms with Gasteiger partial charge in [0.15, 0.2) is 6.10 Å². The van der Waals surface area contributed by atoms with Crippen molar-refractivity contribution in [2.24, 2.45) is 0 Å². The first-order valence-corrected chi connectivity index (χ1v) is 25.8. The van der Waals surface area contributed by atoms with Crippen LogP contribution in [0.5, 0.6) is 0 Å². The molecule has 0 N–H and O–H groups in total. The van der Waals surface area contributed by atoms with Gasteiger partial charge in [-0.25, -0.2) is 0 Å². The van der Waals surface area contributed by atoms with Crippen LogP contribution in [0.1, 0.15) is 252 Å². The number of esters is 3. The molecule has 0 aliphatic heterocycles. The Kier molecular flexibility index (Phi) is 47.4. The van der Waals surface area contributed by atoms with Crippen molar-refractivity contribution in [1.82, 2.24) is 0 Å². The molecule has 0 aromatic carbocycles. The van der Waals surface area contributed by atoms with Crippen LogP contribution in [-0.2, 0) is 28.6 Å². The molecule has 0 heterocycles. The first kappa shape index (κ1) is 58.1. The summed E-state index contributed by atoms with van der Waals surface area (Å²) in [5.74, 6) is -0.918. The van der Waals surface area contributed by atoms with Gasteiger partial charge in [-0.1, -0.05) is 191 Å². The smallest absolute Gasteiger partial charge is 0.306 e. The Hall–Kier alpha value is -2.89. The molecule has 0 saturated heterocycles. The second kappa shape index (κ2) is 49.8. The van der Waals surface area contributed by atoms with E-state index in [9.17, 15) is 14.4 Å². The molecule has 0 radical (unpaired) electrons. The Morgan fingerprint density at radius 3 is 1.03 bits per heavy atom. The zero-order valence-corrected chi connectivity index (χ0v) is 40.2. The number of unbranched alkanes of at least 4 members (excludes halogenated alkanes) is 25. The molecule has 352 valence electrons. The van der Waals surface area contributed by atoms with Gasteiger partial charge >= 0.3 is 17.9 Å². The zero-order valence-electron chi connectivity index (χ0n) is 40.2. The van der Waals surface area contributed by atoms with E-state index in [0.29, 0.717) is 19.3 Å². The zero-order chi connectivity index (χ0) is 44.4. The molecule has 0 amide bonds. The van der Waals surface area contributed by atoms with E-state index in [1.165, 1.54) is 96.3 Å². The van der Waals surface area contributed by atoms with Crippen LogP contribution in [0, 0.1) is 0 Å². The van der Waals surface area contributed by atoms with Gasteiger partial charge in [-0.3, -0.25) is 14.4 Å². The van der Waals surface area contributed by atoms with E-state index < -0.39 is 6.10 Å². The average Bonchev–Trinajstić information content (AvgIpc) is 3.26. The van der Waals surface area contributed by atoms with Crippen LogP contribution in [0.2, 0.25) is 0 Å². The highest BCUT2D eigenvalue weighted by Gasteiger charge is 2.19. The Bertz CT molecular complexity index is 1120. The molecular formula is C55H96O6. The lowest BCUT2D eigenvalue weighted by molar-refractivity contribution is -0.167. The third-order valence-corrected chi connectivity index (χ3v) is 11.0. The monoisotopic (exact) mass is 853 g/mol. The Morgan fingerprint density at radius 2 is 0.639 bits per heavy atom. The number of carbonyl (C=O) groups excluding carboxylic acids is 3. The summed E-state index contributed by atoms with van der Waals surface area (Å²) in [6.07, 6.45) is 60.5. The summed E-state index contributed by atoms with van der Waals surface area (Å²) in [5.41, 5.74) is 0. The Balaban J connectivity index is 4.43. The van der Waals surface area contributed by atoms with Gasteiger partial charge in [-0.15, -0.1) is 0 Å². The predicted molar refractivity (Wildman–Crippen MR) is 261 cm³/mol. The fraction of sp³-hybridized carbons (Fsp3) is 0.764. The van der Waals surface area contributed by atoms with Crippen molar-refractivity contribution in [1.29, 1.82) is 0 Å². The average molecular weight is 853 g/mol. The molecule has 0 aromatic heterocycles. The molecule has 1 atom stereocenters. The molecule has 6 nitrogen and oxygen atoms in total. The minimum absolute atomic E-state index is 0.0873. The topological polar surface area (TPSA) is 78.9 Å². The van der Waals surface area contributed by atoms with Crippen LogP contribution in [0.15, 0.2) is 60.8 Å². The van der Waals surface area contributed by atoms with Gasteiger partial charge in [-0.05, 0) is 103 Å². The number of carbonyl (C=O) groups is 3. The third-order valence-electron chi connectivity index (χ3n) is 11.0. The predicted octanol–water partition coefficient (Wildman–Crippen LogP) is 16.9. The molecule has 0 spiro atoms. The first-order chi connectivity index (χ1) is 30.0. The molecule has 0 rings (SSSR count). The van der Waals surface area contributed by atoms with E-state index in [4.69, 9.17) is 14.2 Å². The molecule has 1 unspecified atom stereocenters. The second-order valence-corrected chi connectivity index (χ2v) is 17.0. The highest BCUT2D eigenvalue weighted by molar-refractivity contribution is 5.71. The van der Waals surface area contributed by atoms with Gasteiger partial charge in [0.2, 0.25) is 0 Å². The van der Waals surface area contributed by atoms with E-state index in [0.717, 1.165) is 116 Å². The standard InChI is InChI=1S/C55H96O6/c1-4-7-10-13-16-19-22-25-27-30-33-36-39-42-45-48-54(57)60-51-52(50-59-53(56)47-44-41-38-35-32-29-24-21-18-15-12-9-6-3)61-55(58)49-46-43-40-37-34-31-28-26-23-20-17-14-11-8-5-2/h7,10,16,19,21,24-28,52H,4-6,8-9,11-15,17-18,20,22-23,29-51H2,1-3H3/b10-7-,19-16-,24-21-,27-25-,28-26-. The van der Waals surface area contributed by atoms with Gasteiger partial charge in [0.1, 0.15) is 13.2 Å². The van der Waals surface area contributed by atoms with E-state index >= 15 is 0 Å². The van der Waals surface area contributed by atoms with Crippen LogP contribution in [0.25, 0.3) is 0 Å². The fourth-order valence-corrected chi connectivity index (χ4v) is 7.09. The van der Waals surface area contributed by atoms with Crippen LogP contribution < -0.4 is 0 Å². The molecule has 0 aromatic rings. The summed E-state index contributed by atoms with van der Waals surface area (Å²) in [4.78, 5) is 38.0. The molecular weight excluding hydrogens is 757 g/mol. The van der Waals surface area contributed by atoms with E-state index in [1.54, 1.807) is 0 Å². The molecule has 0 aliphatic carbocycles. The number of hydrogen-bond acceptors (Lipinski definition) is 6. The van der Waals surface area contributed by atoms with Crippen LogP contribution in [-0.4, -0.2) is 37.2 Å². The van der Waals surface area contributed by atoms with Crippen molar-refractivity contribution in [3.63, 3.8) is 0 Å². The second-order valence-electron chi connectivity index (χ2n) is 17.0. The fourth-order valence-electron chi connectivity index (χ4n) is 7.09. The summed E-state index contributed by atoms with van der Waals surface area (Å²) in [6, 6.07) is 0. The molecule has 6 heteroatoms. The van der Waals surface area contributed by atoms with Crippen LogP contribution in [0.4, 0.5) is 0 Å². The summed E-state index contributed by atoms with van der Waals surface area (Å²) >= 11 is 0. The third kappa shape index (κ3) is 48.0. The lowest BCUT2D eigenvalue weighted by Gasteiger charge is -2.18. The molecule has 0 fully saturated rings. The van der Waals surface area contributed by atoms with Crippen molar-refractivity contribution < 1.29 is 28.6 Å². The number of rotatable bonds is 46. The maximum atomic E-state index is 12.8. The number of allylic oxidation sites excluding steroid dienone is 10. The van der Waals surface area contributed by atoms with Gasteiger partial charge in [0.05, 0.1) is 0 Å². The van der Waals surface area contributed by atoms with Crippen LogP contribution in [0.3, 0.4) is 0 Å². The van der Waals surface area contributed by atoms with E-state index in [1.807, 2.05) is 0 Å². The van der Waals surface area contributed by atoms with Gasteiger partial charge in [-0.2, -0.15) is 0 Å². The molecule has 0 bridgehead atoms. The molecule has 0 saturated carbocycles. The molecule has 61 heavy (non-hydrogen) atoms. The lowest BCUT2D eigenvalue weighted by Crippen LogP contribution is -2.30. The van der Waals surface area contributed by atoms with Gasteiger partial charge < -0.3 is 14.2 Å². The van der Waals surface area contributed by atoms with Crippen molar-refractivity contribution in [2.75, 3.05) is 13.2 Å². The van der Waals surface area contributed by atoms with Crippen molar-refractivity contribution in [3.05, 3.63) is 60.8 Å². The quantitative estimate of drug-likeness (QED) is 0.0263. The number of ether oxygens (including phenoxy) is 3. The maximum Gasteiger partial charge on any atom is 0.306 e. The van der Waals surface area contributed by atoms with Crippen molar-refractivity contribution in [3.8, 4) is 0 Å². The minimum Gasteiger partial charge on any atom is -0.462 e. The van der Waals surface area contributed by atoms with Crippen molar-refractivity contribution in [2.45, 2.75) is 258 Å². The van der Waals surface area contributed by atoms with Crippen molar-refractivity contribution >= 4 is 17.9 Å². The SMILES string of the molecule is CC/C=C\C/C=C\C/C=C\CCCCCCCC(=O)OCC(COC(=O)CCCCCCC/C=C\CCCCCC)OC(=O)CCCCCCC/C=C\CCCCCCCC. The van der Waals surface area contributed by atoms with E-state index in [2.05, 4.69) is 81.5 Å². The summed E-state index contributed by atoms with van der Waals surface area (Å²) < 4.78 is 16.8. The largest absolute Gasteiger partial charge is 0.462 e. The number of hydrogen-bond donors (Lipinski definition) is 0. The van der Waals surface area contributed by atoms with Gasteiger partial charge in [0.25, 0.3) is 0 Å². The highest BCUT2D eigenvalue weighted by atomic mass is 16.6. The molecule has 0 aliphatic rings. The highest BCUT2D eigenvalue weighted by Crippen LogP contribution is 2.14. The Morgan fingerprint density at radius 1 is 0.344 bits per heavy atom.